The molecule has 2 rings (SSSR count). The molecular weight excluding hydrogens is 202 g/mol. The fourth-order valence-corrected chi connectivity index (χ4v) is 2.33. The van der Waals surface area contributed by atoms with Gasteiger partial charge in [-0.2, -0.15) is 0 Å². The average Bonchev–Trinajstić information content (AvgIpc) is 2.33. The van der Waals surface area contributed by atoms with E-state index in [0.717, 1.165) is 25.1 Å². The zero-order valence-corrected chi connectivity index (χ0v) is 9.45. The normalized spacial score (nSPS) is 17.6. The molecule has 0 bridgehead atoms. The van der Waals surface area contributed by atoms with Gasteiger partial charge in [-0.1, -0.05) is 18.2 Å². The molecule has 0 unspecified atom stereocenters. The zero-order valence-electron chi connectivity index (χ0n) is 9.45. The first-order valence-corrected chi connectivity index (χ1v) is 5.92. The zero-order chi connectivity index (χ0) is 11.4. The van der Waals surface area contributed by atoms with E-state index in [1.54, 1.807) is 6.07 Å². The summed E-state index contributed by atoms with van der Waals surface area (Å²) >= 11 is 0. The highest BCUT2D eigenvalue weighted by Crippen LogP contribution is 2.27. The van der Waals surface area contributed by atoms with Crippen molar-refractivity contribution in [2.24, 2.45) is 5.92 Å². The minimum absolute atomic E-state index is 0.0914. The van der Waals surface area contributed by atoms with Crippen molar-refractivity contribution in [3.8, 4) is 5.75 Å². The van der Waals surface area contributed by atoms with Crippen LogP contribution in [0.15, 0.2) is 18.2 Å². The molecule has 3 nitrogen and oxygen atoms in total. The molecule has 1 aliphatic rings. The Morgan fingerprint density at radius 2 is 1.88 bits per heavy atom. The van der Waals surface area contributed by atoms with E-state index in [9.17, 15) is 5.11 Å². The van der Waals surface area contributed by atoms with Crippen LogP contribution in [0.3, 0.4) is 0 Å². The SMILES string of the molecule is OCc1cccc(CC2CCNCC2)c1O. The van der Waals surface area contributed by atoms with E-state index < -0.39 is 0 Å². The Kier molecular flexibility index (Phi) is 3.80. The summed E-state index contributed by atoms with van der Waals surface area (Å²) in [5.74, 6) is 0.935. The third kappa shape index (κ3) is 2.54. The molecule has 3 N–H and O–H groups in total. The fourth-order valence-electron chi connectivity index (χ4n) is 2.33. The highest BCUT2D eigenvalue weighted by Gasteiger charge is 2.16. The molecule has 0 atom stereocenters. The van der Waals surface area contributed by atoms with E-state index >= 15 is 0 Å². The second kappa shape index (κ2) is 5.32. The first-order chi connectivity index (χ1) is 7.81. The summed E-state index contributed by atoms with van der Waals surface area (Å²) in [6.07, 6.45) is 3.26. The van der Waals surface area contributed by atoms with Crippen LogP contribution in [-0.2, 0) is 13.0 Å². The van der Waals surface area contributed by atoms with Gasteiger partial charge in [0, 0.05) is 5.56 Å². The summed E-state index contributed by atoms with van der Waals surface area (Å²) in [6, 6.07) is 5.62. The number of aromatic hydroxyl groups is 1. The Hall–Kier alpha value is -1.06. The van der Waals surface area contributed by atoms with E-state index in [1.165, 1.54) is 12.8 Å². The number of rotatable bonds is 3. The van der Waals surface area contributed by atoms with Crippen molar-refractivity contribution in [2.75, 3.05) is 13.1 Å². The predicted octanol–water partition coefficient (Wildman–Crippen LogP) is 1.43. The molecule has 0 radical (unpaired) electrons. The first-order valence-electron chi connectivity index (χ1n) is 5.92. The second-order valence-corrected chi connectivity index (χ2v) is 4.48. The predicted molar refractivity (Wildman–Crippen MR) is 63.3 cm³/mol. The van der Waals surface area contributed by atoms with Crippen LogP contribution in [0.5, 0.6) is 5.75 Å². The molecule has 1 aromatic rings. The van der Waals surface area contributed by atoms with Crippen molar-refractivity contribution >= 4 is 0 Å². The van der Waals surface area contributed by atoms with Gasteiger partial charge in [-0.25, -0.2) is 0 Å². The maximum Gasteiger partial charge on any atom is 0.124 e. The third-order valence-corrected chi connectivity index (χ3v) is 3.34. The van der Waals surface area contributed by atoms with Crippen molar-refractivity contribution in [1.82, 2.24) is 5.32 Å². The lowest BCUT2D eigenvalue weighted by atomic mass is 9.90. The monoisotopic (exact) mass is 221 g/mol. The molecule has 1 saturated heterocycles. The van der Waals surface area contributed by atoms with Crippen molar-refractivity contribution in [2.45, 2.75) is 25.9 Å². The van der Waals surface area contributed by atoms with E-state index in [0.29, 0.717) is 11.5 Å². The molecule has 3 heteroatoms. The van der Waals surface area contributed by atoms with E-state index in [-0.39, 0.29) is 12.4 Å². The molecule has 16 heavy (non-hydrogen) atoms. The molecule has 0 aliphatic carbocycles. The summed E-state index contributed by atoms with van der Waals surface area (Å²) in [7, 11) is 0. The lowest BCUT2D eigenvalue weighted by Crippen LogP contribution is -2.28. The summed E-state index contributed by atoms with van der Waals surface area (Å²) in [5.41, 5.74) is 1.60. The Bertz CT molecular complexity index is 346. The van der Waals surface area contributed by atoms with Gasteiger partial charge in [-0.3, -0.25) is 0 Å². The van der Waals surface area contributed by atoms with Gasteiger partial charge in [-0.15, -0.1) is 0 Å². The fraction of sp³-hybridized carbons (Fsp3) is 0.538. The summed E-state index contributed by atoms with van der Waals surface area (Å²) < 4.78 is 0. The number of hydrogen-bond donors (Lipinski definition) is 3. The molecular formula is C13H19NO2. The van der Waals surface area contributed by atoms with Gasteiger partial charge >= 0.3 is 0 Å². The second-order valence-electron chi connectivity index (χ2n) is 4.48. The van der Waals surface area contributed by atoms with Gasteiger partial charge in [0.25, 0.3) is 0 Å². The third-order valence-electron chi connectivity index (χ3n) is 3.34. The standard InChI is InChI=1S/C13H19NO2/c15-9-12-3-1-2-11(13(12)16)8-10-4-6-14-7-5-10/h1-3,10,14-16H,4-9H2. The topological polar surface area (TPSA) is 52.5 Å². The van der Waals surface area contributed by atoms with Crippen LogP contribution >= 0.6 is 0 Å². The molecule has 0 spiro atoms. The van der Waals surface area contributed by atoms with Crippen LogP contribution in [0.25, 0.3) is 0 Å². The number of piperidine rings is 1. The maximum absolute atomic E-state index is 9.94. The van der Waals surface area contributed by atoms with E-state index in [4.69, 9.17) is 5.11 Å². The number of nitrogens with one attached hydrogen (secondary N) is 1. The van der Waals surface area contributed by atoms with Gasteiger partial charge < -0.3 is 15.5 Å². The smallest absolute Gasteiger partial charge is 0.124 e. The van der Waals surface area contributed by atoms with Crippen LogP contribution in [-0.4, -0.2) is 23.3 Å². The number of aliphatic hydroxyl groups is 1. The van der Waals surface area contributed by atoms with Crippen LogP contribution in [0.2, 0.25) is 0 Å². The molecule has 0 saturated carbocycles. The quantitative estimate of drug-likeness (QED) is 0.723. The van der Waals surface area contributed by atoms with Crippen LogP contribution < -0.4 is 5.32 Å². The van der Waals surface area contributed by atoms with Crippen molar-refractivity contribution in [1.29, 1.82) is 0 Å². The van der Waals surface area contributed by atoms with Gasteiger partial charge in [0.2, 0.25) is 0 Å². The van der Waals surface area contributed by atoms with Crippen LogP contribution in [0.4, 0.5) is 0 Å². The Balaban J connectivity index is 2.08. The van der Waals surface area contributed by atoms with E-state index in [1.807, 2.05) is 12.1 Å². The Morgan fingerprint density at radius 3 is 2.56 bits per heavy atom. The van der Waals surface area contributed by atoms with Gasteiger partial charge in [0.1, 0.15) is 5.75 Å². The molecule has 1 heterocycles. The molecule has 1 aliphatic heterocycles. The van der Waals surface area contributed by atoms with Crippen molar-refractivity contribution in [3.05, 3.63) is 29.3 Å². The lowest BCUT2D eigenvalue weighted by Gasteiger charge is -2.23. The number of hydrogen-bond acceptors (Lipinski definition) is 3. The van der Waals surface area contributed by atoms with Gasteiger partial charge in [0.15, 0.2) is 0 Å². The number of para-hydroxylation sites is 1. The number of aliphatic hydroxyl groups excluding tert-OH is 1. The largest absolute Gasteiger partial charge is 0.507 e. The Labute approximate surface area is 96.1 Å². The van der Waals surface area contributed by atoms with Gasteiger partial charge in [-0.05, 0) is 43.8 Å². The number of phenols is 1. The maximum atomic E-state index is 9.94. The molecule has 88 valence electrons. The van der Waals surface area contributed by atoms with Crippen molar-refractivity contribution in [3.63, 3.8) is 0 Å². The summed E-state index contributed by atoms with van der Waals surface area (Å²) in [4.78, 5) is 0. The summed E-state index contributed by atoms with van der Waals surface area (Å²) in [5, 5.41) is 22.4. The number of benzene rings is 1. The lowest BCUT2D eigenvalue weighted by molar-refractivity contribution is 0.274. The highest BCUT2D eigenvalue weighted by molar-refractivity contribution is 5.40. The molecule has 1 fully saturated rings. The first kappa shape index (κ1) is 11.4. The molecule has 0 aromatic heterocycles. The van der Waals surface area contributed by atoms with Gasteiger partial charge in [0.05, 0.1) is 6.61 Å². The van der Waals surface area contributed by atoms with Crippen molar-refractivity contribution < 1.29 is 10.2 Å². The van der Waals surface area contributed by atoms with E-state index in [2.05, 4.69) is 5.32 Å². The molecule has 1 aromatic carbocycles. The summed E-state index contributed by atoms with van der Waals surface area (Å²) in [6.45, 7) is 2.06. The molecule has 0 amide bonds. The Morgan fingerprint density at radius 1 is 1.19 bits per heavy atom. The van der Waals surface area contributed by atoms with Crippen LogP contribution in [0.1, 0.15) is 24.0 Å². The average molecular weight is 221 g/mol. The minimum Gasteiger partial charge on any atom is -0.507 e. The van der Waals surface area contributed by atoms with Crippen LogP contribution in [0, 0.1) is 5.92 Å². The highest BCUT2D eigenvalue weighted by atomic mass is 16.3. The minimum atomic E-state index is -0.0914.